The molecule has 9 nitrogen and oxygen atoms in total. The number of nitrogens with zero attached hydrogens (tertiary/aromatic N) is 2. The van der Waals surface area contributed by atoms with Crippen molar-refractivity contribution in [2.75, 3.05) is 24.4 Å². The maximum Gasteiger partial charge on any atom is 0.271 e. The molecule has 2 amide bonds. The summed E-state index contributed by atoms with van der Waals surface area (Å²) < 4.78 is 11.7. The monoisotopic (exact) mass is 737 g/mol. The molecule has 0 spiro atoms. The number of rotatable bonds is 11. The van der Waals surface area contributed by atoms with Gasteiger partial charge in [-0.15, -0.1) is 11.3 Å². The highest BCUT2D eigenvalue weighted by atomic mass is 79.9. The number of ether oxygens (including phenoxy) is 2. The molecule has 13 heteroatoms. The number of amides is 2. The van der Waals surface area contributed by atoms with Gasteiger partial charge >= 0.3 is 0 Å². The molecule has 3 N–H and O–H groups in total. The van der Waals surface area contributed by atoms with Crippen LogP contribution >= 0.6 is 50.5 Å². The molecule has 0 atom stereocenters. The summed E-state index contributed by atoms with van der Waals surface area (Å²) in [5.74, 6) is -0.0903. The third-order valence-corrected chi connectivity index (χ3v) is 8.52. The summed E-state index contributed by atoms with van der Waals surface area (Å²) in [6, 6.07) is 23.4. The molecule has 4 aromatic carbocycles. The van der Waals surface area contributed by atoms with Gasteiger partial charge in [0.1, 0.15) is 0 Å². The van der Waals surface area contributed by atoms with E-state index in [9.17, 15) is 9.59 Å². The first-order valence-corrected chi connectivity index (χ1v) is 16.1. The Morgan fingerprint density at radius 1 is 0.978 bits per heavy atom. The smallest absolute Gasteiger partial charge is 0.271 e. The summed E-state index contributed by atoms with van der Waals surface area (Å²) in [6.45, 7) is 1.76. The lowest BCUT2D eigenvalue weighted by Gasteiger charge is -2.13. The quantitative estimate of drug-likeness (QED) is 0.0923. The third-order valence-electron chi connectivity index (χ3n) is 6.43. The summed E-state index contributed by atoms with van der Waals surface area (Å²) >= 11 is 16.9. The molecule has 0 aliphatic rings. The van der Waals surface area contributed by atoms with Crippen LogP contribution in [0.3, 0.4) is 0 Å². The van der Waals surface area contributed by atoms with E-state index in [4.69, 9.17) is 32.7 Å². The number of aromatic nitrogens is 1. The summed E-state index contributed by atoms with van der Waals surface area (Å²) in [5.41, 5.74) is 7.93. The van der Waals surface area contributed by atoms with Gasteiger partial charge in [0, 0.05) is 27.9 Å². The molecule has 46 heavy (non-hydrogen) atoms. The number of benzene rings is 4. The van der Waals surface area contributed by atoms with Gasteiger partial charge in [-0.25, -0.2) is 10.4 Å². The second kappa shape index (κ2) is 15.2. The van der Waals surface area contributed by atoms with Crippen LogP contribution in [0.15, 0.2) is 93.8 Å². The van der Waals surface area contributed by atoms with E-state index < -0.39 is 5.91 Å². The number of halogens is 3. The molecule has 0 unspecified atom stereocenters. The second-order valence-corrected chi connectivity index (χ2v) is 12.3. The van der Waals surface area contributed by atoms with E-state index in [1.807, 2.05) is 48.7 Å². The van der Waals surface area contributed by atoms with E-state index in [2.05, 4.69) is 42.1 Å². The average Bonchev–Trinajstić information content (AvgIpc) is 3.51. The predicted octanol–water partition coefficient (Wildman–Crippen LogP) is 8.72. The number of hydrogen-bond donors (Lipinski definition) is 3. The Morgan fingerprint density at radius 2 is 1.72 bits per heavy atom. The molecule has 234 valence electrons. The molecule has 0 radical (unpaired) electrons. The van der Waals surface area contributed by atoms with E-state index in [0.29, 0.717) is 42.8 Å². The highest BCUT2D eigenvalue weighted by Crippen LogP contribution is 2.36. The van der Waals surface area contributed by atoms with Crippen LogP contribution < -0.4 is 25.5 Å². The summed E-state index contributed by atoms with van der Waals surface area (Å²) in [4.78, 5) is 29.8. The molecule has 0 saturated carbocycles. The van der Waals surface area contributed by atoms with E-state index in [1.54, 1.807) is 42.5 Å². The van der Waals surface area contributed by atoms with E-state index in [0.717, 1.165) is 22.1 Å². The van der Waals surface area contributed by atoms with Gasteiger partial charge in [0.25, 0.3) is 11.8 Å². The Labute approximate surface area is 287 Å². The highest BCUT2D eigenvalue weighted by molar-refractivity contribution is 9.10. The van der Waals surface area contributed by atoms with Crippen molar-refractivity contribution in [3.05, 3.63) is 115 Å². The van der Waals surface area contributed by atoms with Crippen LogP contribution in [0.4, 0.5) is 16.5 Å². The van der Waals surface area contributed by atoms with Gasteiger partial charge in [0.05, 0.1) is 33.5 Å². The molecule has 0 saturated heterocycles. The number of carbonyl (C=O) groups excluding carboxylic acids is 2. The lowest BCUT2D eigenvalue weighted by molar-refractivity contribution is -0.118. The van der Waals surface area contributed by atoms with Gasteiger partial charge in [-0.2, -0.15) is 5.10 Å². The predicted molar refractivity (Wildman–Crippen MR) is 188 cm³/mol. The van der Waals surface area contributed by atoms with Gasteiger partial charge in [-0.05, 0) is 83.0 Å². The average molecular weight is 739 g/mol. The normalized spacial score (nSPS) is 10.9. The van der Waals surface area contributed by atoms with Crippen LogP contribution in [-0.4, -0.2) is 36.7 Å². The van der Waals surface area contributed by atoms with Crippen molar-refractivity contribution in [3.63, 3.8) is 0 Å². The van der Waals surface area contributed by atoms with Gasteiger partial charge in [0.15, 0.2) is 23.2 Å². The summed E-state index contributed by atoms with van der Waals surface area (Å²) in [6.07, 6.45) is 1.47. The number of thiazole rings is 1. The van der Waals surface area contributed by atoms with Crippen LogP contribution in [0.1, 0.15) is 21.5 Å². The molecule has 5 rings (SSSR count). The SMILES string of the molecule is COc1cc(/C=N/NC(=O)c2ccc(-c3csc(Nc4ccc(C)cc4)n3)cc2)cc(Br)c1OCC(=O)Nc1ccc(Cl)c(Cl)c1. The number of carbonyl (C=O) groups is 2. The topological polar surface area (TPSA) is 114 Å². The third kappa shape index (κ3) is 8.64. The largest absolute Gasteiger partial charge is 0.493 e. The number of methoxy groups -OCH3 is 1. The summed E-state index contributed by atoms with van der Waals surface area (Å²) in [7, 11) is 1.48. The number of nitrogens with one attached hydrogen (secondary N) is 3. The standard InChI is InChI=1S/C33H26BrCl2N5O4S/c1-19-3-9-23(10-4-19)39-33-40-28(18-46-33)21-5-7-22(8-6-21)32(43)41-37-16-20-13-25(34)31(29(14-20)44-2)45-17-30(42)38-24-11-12-26(35)27(36)15-24/h3-16,18H,17H2,1-2H3,(H,38,42)(H,39,40)(H,41,43)/b37-16+. The highest BCUT2D eigenvalue weighted by Gasteiger charge is 2.14. The zero-order valence-corrected chi connectivity index (χ0v) is 28.4. The van der Waals surface area contributed by atoms with Crippen LogP contribution in [0, 0.1) is 6.92 Å². The number of anilines is 3. The zero-order valence-electron chi connectivity index (χ0n) is 24.4. The lowest BCUT2D eigenvalue weighted by Crippen LogP contribution is -2.20. The number of aryl methyl sites for hydroxylation is 1. The molecule has 1 aromatic heterocycles. The fourth-order valence-corrected chi connectivity index (χ4v) is 5.72. The van der Waals surface area contributed by atoms with Crippen LogP contribution in [0.25, 0.3) is 11.3 Å². The minimum absolute atomic E-state index is 0.286. The zero-order chi connectivity index (χ0) is 32.6. The minimum atomic E-state index is -0.403. The Hall–Kier alpha value is -4.42. The lowest BCUT2D eigenvalue weighted by atomic mass is 10.1. The van der Waals surface area contributed by atoms with Crippen LogP contribution in [0.2, 0.25) is 10.0 Å². The van der Waals surface area contributed by atoms with Gasteiger partial charge in [-0.1, -0.05) is 53.0 Å². The van der Waals surface area contributed by atoms with Gasteiger partial charge in [-0.3, -0.25) is 9.59 Å². The first-order valence-electron chi connectivity index (χ1n) is 13.7. The van der Waals surface area contributed by atoms with Gasteiger partial charge < -0.3 is 20.1 Å². The second-order valence-electron chi connectivity index (χ2n) is 9.81. The van der Waals surface area contributed by atoms with Crippen molar-refractivity contribution in [2.24, 2.45) is 5.10 Å². The first-order chi connectivity index (χ1) is 22.2. The Bertz CT molecular complexity index is 1900. The molecule has 0 aliphatic carbocycles. The number of hydrogen-bond acceptors (Lipinski definition) is 8. The maximum absolute atomic E-state index is 12.7. The fourth-order valence-electron chi connectivity index (χ4n) is 4.11. The Morgan fingerprint density at radius 3 is 2.43 bits per heavy atom. The van der Waals surface area contributed by atoms with Crippen molar-refractivity contribution in [3.8, 4) is 22.8 Å². The molecular weight excluding hydrogens is 713 g/mol. The van der Waals surface area contributed by atoms with E-state index >= 15 is 0 Å². The molecule has 0 bridgehead atoms. The Kier molecular flexibility index (Phi) is 10.9. The molecular formula is C33H26BrCl2N5O4S. The molecule has 0 fully saturated rings. The van der Waals surface area contributed by atoms with E-state index in [-0.39, 0.29) is 12.5 Å². The fraction of sp³-hybridized carbons (Fsp3) is 0.0909. The van der Waals surface area contributed by atoms with Crippen molar-refractivity contribution < 1.29 is 19.1 Å². The van der Waals surface area contributed by atoms with Gasteiger partial charge in [0.2, 0.25) is 0 Å². The minimum Gasteiger partial charge on any atom is -0.493 e. The van der Waals surface area contributed by atoms with Crippen LogP contribution in [0.5, 0.6) is 11.5 Å². The first kappa shape index (κ1) is 33.0. The van der Waals surface area contributed by atoms with E-state index in [1.165, 1.54) is 30.2 Å². The maximum atomic E-state index is 12.7. The molecule has 0 aliphatic heterocycles. The Balaban J connectivity index is 1.15. The number of hydrazone groups is 1. The van der Waals surface area contributed by atoms with Crippen molar-refractivity contribution in [1.29, 1.82) is 0 Å². The van der Waals surface area contributed by atoms with Crippen molar-refractivity contribution in [1.82, 2.24) is 10.4 Å². The van der Waals surface area contributed by atoms with Crippen molar-refractivity contribution >= 4 is 85.0 Å². The van der Waals surface area contributed by atoms with Crippen LogP contribution in [-0.2, 0) is 4.79 Å². The van der Waals surface area contributed by atoms with Crippen molar-refractivity contribution in [2.45, 2.75) is 6.92 Å². The summed E-state index contributed by atoms with van der Waals surface area (Å²) in [5, 5.41) is 13.5. The molecule has 1 heterocycles. The molecule has 5 aromatic rings.